The number of ether oxygens (including phenoxy) is 2. The number of benzene rings is 1. The number of methoxy groups -OCH3 is 2. The van der Waals surface area contributed by atoms with Crippen LogP contribution in [-0.2, 0) is 6.54 Å². The van der Waals surface area contributed by atoms with Gasteiger partial charge in [-0.3, -0.25) is 4.57 Å². The van der Waals surface area contributed by atoms with Gasteiger partial charge in [-0.25, -0.2) is 14.3 Å². The predicted molar refractivity (Wildman–Crippen MR) is 109 cm³/mol. The third kappa shape index (κ3) is 3.88. The Labute approximate surface area is 172 Å². The number of hydrogen-bond acceptors (Lipinski definition) is 6. The van der Waals surface area contributed by atoms with Gasteiger partial charge in [0.2, 0.25) is 5.82 Å². The highest BCUT2D eigenvalue weighted by Crippen LogP contribution is 2.36. The molecule has 0 unspecified atom stereocenters. The lowest BCUT2D eigenvalue weighted by Gasteiger charge is -2.13. The molecule has 0 atom stereocenters. The molecule has 2 heterocycles. The molecule has 0 saturated heterocycles. The Kier molecular flexibility index (Phi) is 5.46. The van der Waals surface area contributed by atoms with Crippen LogP contribution in [-0.4, -0.2) is 41.1 Å². The number of carbonyl (C=O) groups is 1. The quantitative estimate of drug-likeness (QED) is 0.587. The molecular formula is C20H23N5O5. The van der Waals surface area contributed by atoms with E-state index in [2.05, 4.69) is 15.7 Å². The third-order valence-corrected chi connectivity index (χ3v) is 4.78. The van der Waals surface area contributed by atoms with Crippen LogP contribution in [0.4, 0.5) is 10.5 Å². The normalized spacial score (nSPS) is 13.1. The van der Waals surface area contributed by atoms with Gasteiger partial charge in [-0.15, -0.1) is 5.10 Å². The minimum atomic E-state index is -0.428. The Bertz CT molecular complexity index is 1080. The highest BCUT2D eigenvalue weighted by Gasteiger charge is 2.31. The second-order valence-corrected chi connectivity index (χ2v) is 6.83. The summed E-state index contributed by atoms with van der Waals surface area (Å²) in [5, 5.41) is 9.86. The Morgan fingerprint density at radius 1 is 1.23 bits per heavy atom. The smallest absolute Gasteiger partial charge is 0.346 e. The number of para-hydroxylation sites is 1. The lowest BCUT2D eigenvalue weighted by atomic mass is 10.2. The molecule has 30 heavy (non-hydrogen) atoms. The molecule has 1 saturated carbocycles. The van der Waals surface area contributed by atoms with E-state index in [9.17, 15) is 9.59 Å². The number of anilines is 1. The zero-order valence-electron chi connectivity index (χ0n) is 16.8. The van der Waals surface area contributed by atoms with Crippen LogP contribution in [0.15, 0.2) is 45.8 Å². The molecule has 1 fully saturated rings. The number of hydrogen-bond donors (Lipinski definition) is 2. The van der Waals surface area contributed by atoms with Gasteiger partial charge in [-0.1, -0.05) is 6.07 Å². The van der Waals surface area contributed by atoms with Crippen LogP contribution in [0.25, 0.3) is 11.6 Å². The maximum atomic E-state index is 12.8. The van der Waals surface area contributed by atoms with E-state index in [1.54, 1.807) is 41.2 Å². The van der Waals surface area contributed by atoms with Crippen LogP contribution < -0.4 is 25.8 Å². The summed E-state index contributed by atoms with van der Waals surface area (Å²) in [6, 6.07) is 8.45. The zero-order valence-corrected chi connectivity index (χ0v) is 16.8. The van der Waals surface area contributed by atoms with Crippen molar-refractivity contribution in [3.8, 4) is 23.1 Å². The van der Waals surface area contributed by atoms with Gasteiger partial charge in [-0.05, 0) is 37.1 Å². The SMILES string of the molecule is COc1cccc(NC(=O)NCCn2nc(-c3ccco3)n(C3CC3)c2=O)c1OC. The van der Waals surface area contributed by atoms with Crippen LogP contribution in [0.1, 0.15) is 18.9 Å². The number of rotatable bonds is 8. The first-order valence-electron chi connectivity index (χ1n) is 9.61. The average molecular weight is 413 g/mol. The Morgan fingerprint density at radius 3 is 2.73 bits per heavy atom. The van der Waals surface area contributed by atoms with E-state index in [1.807, 2.05) is 0 Å². The molecule has 158 valence electrons. The number of amides is 2. The fourth-order valence-corrected chi connectivity index (χ4v) is 3.23. The number of nitrogens with zero attached hydrogens (tertiary/aromatic N) is 3. The fraction of sp³-hybridized carbons (Fsp3) is 0.350. The van der Waals surface area contributed by atoms with Gasteiger partial charge in [0.15, 0.2) is 17.3 Å². The van der Waals surface area contributed by atoms with Crippen LogP contribution in [0.2, 0.25) is 0 Å². The maximum Gasteiger partial charge on any atom is 0.346 e. The van der Waals surface area contributed by atoms with Crippen molar-refractivity contribution < 1.29 is 18.7 Å². The molecule has 2 N–H and O–H groups in total. The first-order valence-corrected chi connectivity index (χ1v) is 9.61. The fourth-order valence-electron chi connectivity index (χ4n) is 3.23. The van der Waals surface area contributed by atoms with E-state index in [1.165, 1.54) is 18.9 Å². The van der Waals surface area contributed by atoms with Gasteiger partial charge in [0, 0.05) is 12.6 Å². The number of carbonyl (C=O) groups excluding carboxylic acids is 1. The van der Waals surface area contributed by atoms with Crippen LogP contribution in [0, 0.1) is 0 Å². The lowest BCUT2D eigenvalue weighted by Crippen LogP contribution is -2.34. The summed E-state index contributed by atoms with van der Waals surface area (Å²) in [6.45, 7) is 0.451. The van der Waals surface area contributed by atoms with E-state index in [0.29, 0.717) is 28.8 Å². The molecule has 0 spiro atoms. The largest absolute Gasteiger partial charge is 0.493 e. The summed E-state index contributed by atoms with van der Waals surface area (Å²) < 4.78 is 19.0. The monoisotopic (exact) mass is 413 g/mol. The van der Waals surface area contributed by atoms with Gasteiger partial charge in [-0.2, -0.15) is 0 Å². The van der Waals surface area contributed by atoms with Crippen molar-refractivity contribution in [2.75, 3.05) is 26.1 Å². The molecule has 2 amide bonds. The first-order chi connectivity index (χ1) is 14.6. The third-order valence-electron chi connectivity index (χ3n) is 4.78. The van der Waals surface area contributed by atoms with Crippen LogP contribution >= 0.6 is 0 Å². The Morgan fingerprint density at radius 2 is 2.07 bits per heavy atom. The summed E-state index contributed by atoms with van der Waals surface area (Å²) in [5.41, 5.74) is 0.269. The van der Waals surface area contributed by atoms with Gasteiger partial charge >= 0.3 is 11.7 Å². The predicted octanol–water partition coefficient (Wildman–Crippen LogP) is 2.48. The van der Waals surface area contributed by atoms with Crippen molar-refractivity contribution in [3.05, 3.63) is 47.1 Å². The first kappa shape index (κ1) is 19.6. The van der Waals surface area contributed by atoms with E-state index in [4.69, 9.17) is 13.9 Å². The molecule has 10 heteroatoms. The summed E-state index contributed by atoms with van der Waals surface area (Å²) in [7, 11) is 3.03. The molecule has 0 bridgehead atoms. The number of nitrogens with one attached hydrogen (secondary N) is 2. The van der Waals surface area contributed by atoms with Crippen molar-refractivity contribution in [3.63, 3.8) is 0 Å². The highest BCUT2D eigenvalue weighted by molar-refractivity contribution is 5.91. The minimum absolute atomic E-state index is 0.156. The van der Waals surface area contributed by atoms with Crippen molar-refractivity contribution >= 4 is 11.7 Å². The molecule has 0 aliphatic heterocycles. The van der Waals surface area contributed by atoms with Crippen molar-refractivity contribution in [1.82, 2.24) is 19.7 Å². The number of furan rings is 1. The molecule has 10 nitrogen and oxygen atoms in total. The number of urea groups is 1. The van der Waals surface area contributed by atoms with Gasteiger partial charge in [0.1, 0.15) is 0 Å². The maximum absolute atomic E-state index is 12.8. The minimum Gasteiger partial charge on any atom is -0.493 e. The molecule has 3 aromatic rings. The van der Waals surface area contributed by atoms with E-state index in [0.717, 1.165) is 12.8 Å². The molecular weight excluding hydrogens is 390 g/mol. The molecule has 0 radical (unpaired) electrons. The standard InChI is InChI=1S/C20H23N5O5/c1-28-15-6-3-5-14(17(15)29-2)22-19(26)21-10-11-24-20(27)25(13-8-9-13)18(23-24)16-7-4-12-30-16/h3-7,12-13H,8-11H2,1-2H3,(H2,21,22,26). The van der Waals surface area contributed by atoms with E-state index < -0.39 is 6.03 Å². The van der Waals surface area contributed by atoms with E-state index >= 15 is 0 Å². The molecule has 4 rings (SSSR count). The summed E-state index contributed by atoms with van der Waals surface area (Å²) in [5.74, 6) is 2.00. The van der Waals surface area contributed by atoms with Gasteiger partial charge < -0.3 is 24.5 Å². The van der Waals surface area contributed by atoms with Crippen molar-refractivity contribution in [1.29, 1.82) is 0 Å². The summed E-state index contributed by atoms with van der Waals surface area (Å²) in [4.78, 5) is 25.0. The van der Waals surface area contributed by atoms with Gasteiger partial charge in [0.05, 0.1) is 32.7 Å². The Balaban J connectivity index is 1.41. The van der Waals surface area contributed by atoms with Gasteiger partial charge in [0.25, 0.3) is 0 Å². The summed E-state index contributed by atoms with van der Waals surface area (Å²) >= 11 is 0. The highest BCUT2D eigenvalue weighted by atomic mass is 16.5. The van der Waals surface area contributed by atoms with E-state index in [-0.39, 0.29) is 24.8 Å². The topological polar surface area (TPSA) is 113 Å². The molecule has 1 aromatic carbocycles. The second kappa shape index (κ2) is 8.36. The zero-order chi connectivity index (χ0) is 21.1. The molecule has 2 aromatic heterocycles. The Hall–Kier alpha value is -3.69. The van der Waals surface area contributed by atoms with Crippen molar-refractivity contribution in [2.24, 2.45) is 0 Å². The average Bonchev–Trinajstić information content (AvgIpc) is 3.32. The summed E-state index contributed by atoms with van der Waals surface area (Å²) in [6.07, 6.45) is 3.44. The second-order valence-electron chi connectivity index (χ2n) is 6.83. The van der Waals surface area contributed by atoms with Crippen LogP contribution in [0.3, 0.4) is 0 Å². The molecule has 1 aliphatic carbocycles. The molecule has 1 aliphatic rings. The van der Waals surface area contributed by atoms with Crippen LogP contribution in [0.5, 0.6) is 11.5 Å². The van der Waals surface area contributed by atoms with Crippen molar-refractivity contribution in [2.45, 2.75) is 25.4 Å². The lowest BCUT2D eigenvalue weighted by molar-refractivity contribution is 0.251. The number of aromatic nitrogens is 3.